The average molecular weight is 390 g/mol. The van der Waals surface area contributed by atoms with Crippen LogP contribution in [0, 0.1) is 11.3 Å². The molecule has 2 aromatic carbocycles. The van der Waals surface area contributed by atoms with E-state index >= 15 is 0 Å². The Balaban J connectivity index is 1.98. The van der Waals surface area contributed by atoms with Crippen molar-refractivity contribution in [3.63, 3.8) is 0 Å². The molecule has 0 radical (unpaired) electrons. The zero-order chi connectivity index (χ0) is 18.9. The third-order valence-corrected chi connectivity index (χ3v) is 4.12. The molecular weight excluding hydrogens is 373 g/mol. The van der Waals surface area contributed by atoms with Crippen molar-refractivity contribution < 1.29 is 9.53 Å². The highest BCUT2D eigenvalue weighted by Gasteiger charge is 2.12. The van der Waals surface area contributed by atoms with Crippen LogP contribution in [-0.4, -0.2) is 19.6 Å². The van der Waals surface area contributed by atoms with Gasteiger partial charge in [-0.1, -0.05) is 41.4 Å². The molecule has 134 valence electrons. The number of carbonyl (C=O) groups excluding carboxylic acids is 1. The molecule has 0 aromatic heterocycles. The lowest BCUT2D eigenvalue weighted by Gasteiger charge is -2.10. The number of benzene rings is 2. The molecule has 5 nitrogen and oxygen atoms in total. The Morgan fingerprint density at radius 3 is 2.73 bits per heavy atom. The minimum Gasteiger partial charge on any atom is -0.495 e. The first-order valence-corrected chi connectivity index (χ1v) is 8.52. The molecular formula is C19H17Cl2N3O2. The lowest BCUT2D eigenvalue weighted by atomic mass is 10.1. The van der Waals surface area contributed by atoms with E-state index in [9.17, 15) is 10.1 Å². The van der Waals surface area contributed by atoms with Crippen LogP contribution in [0.4, 0.5) is 5.69 Å². The van der Waals surface area contributed by atoms with Crippen molar-refractivity contribution in [2.75, 3.05) is 19.0 Å². The summed E-state index contributed by atoms with van der Waals surface area (Å²) in [5.74, 6) is -0.106. The lowest BCUT2D eigenvalue weighted by molar-refractivity contribution is -0.112. The van der Waals surface area contributed by atoms with Gasteiger partial charge in [-0.15, -0.1) is 0 Å². The van der Waals surface area contributed by atoms with Crippen molar-refractivity contribution in [3.8, 4) is 11.8 Å². The van der Waals surface area contributed by atoms with Crippen LogP contribution >= 0.6 is 23.2 Å². The molecule has 0 aliphatic carbocycles. The summed E-state index contributed by atoms with van der Waals surface area (Å²) >= 11 is 12.0. The summed E-state index contributed by atoms with van der Waals surface area (Å²) in [5, 5.41) is 15.9. The van der Waals surface area contributed by atoms with E-state index in [1.54, 1.807) is 18.2 Å². The second-order valence-corrected chi connectivity index (χ2v) is 6.11. The topological polar surface area (TPSA) is 74.1 Å². The largest absolute Gasteiger partial charge is 0.495 e. The van der Waals surface area contributed by atoms with Crippen molar-refractivity contribution in [1.82, 2.24) is 5.32 Å². The highest BCUT2D eigenvalue weighted by molar-refractivity contribution is 6.31. The maximum atomic E-state index is 12.3. The van der Waals surface area contributed by atoms with Gasteiger partial charge in [0, 0.05) is 22.8 Å². The van der Waals surface area contributed by atoms with Gasteiger partial charge in [0.25, 0.3) is 5.91 Å². The van der Waals surface area contributed by atoms with E-state index in [-0.39, 0.29) is 5.57 Å². The standard InChI is InChI=1S/C19H17Cl2N3O2/c1-26-18-7-6-15(20)10-17(18)24-19(25)14(11-22)12-23-9-8-13-4-2-3-5-16(13)21/h2-7,10,12,23H,8-9H2,1H3,(H,24,25)/b14-12-. The fourth-order valence-electron chi connectivity index (χ4n) is 2.20. The zero-order valence-corrected chi connectivity index (χ0v) is 15.6. The van der Waals surface area contributed by atoms with Crippen LogP contribution in [0.15, 0.2) is 54.2 Å². The molecule has 26 heavy (non-hydrogen) atoms. The Morgan fingerprint density at radius 2 is 2.04 bits per heavy atom. The fourth-order valence-corrected chi connectivity index (χ4v) is 2.60. The number of hydrogen-bond acceptors (Lipinski definition) is 4. The molecule has 0 aliphatic rings. The number of carbonyl (C=O) groups is 1. The number of anilines is 1. The van der Waals surface area contributed by atoms with Gasteiger partial charge < -0.3 is 15.4 Å². The number of methoxy groups -OCH3 is 1. The second-order valence-electron chi connectivity index (χ2n) is 5.26. The average Bonchev–Trinajstić information content (AvgIpc) is 2.63. The maximum absolute atomic E-state index is 12.3. The van der Waals surface area contributed by atoms with E-state index in [1.165, 1.54) is 13.3 Å². The Hall–Kier alpha value is -2.68. The summed E-state index contributed by atoms with van der Waals surface area (Å²) in [7, 11) is 1.48. The lowest BCUT2D eigenvalue weighted by Crippen LogP contribution is -2.18. The molecule has 7 heteroatoms. The van der Waals surface area contributed by atoms with Gasteiger partial charge in [-0.2, -0.15) is 5.26 Å². The molecule has 0 fully saturated rings. The highest BCUT2D eigenvalue weighted by atomic mass is 35.5. The summed E-state index contributed by atoms with van der Waals surface area (Å²) in [4.78, 5) is 12.3. The zero-order valence-electron chi connectivity index (χ0n) is 14.1. The molecule has 0 unspecified atom stereocenters. The smallest absolute Gasteiger partial charge is 0.267 e. The molecule has 0 saturated carbocycles. The number of nitriles is 1. The molecule has 1 amide bonds. The molecule has 0 saturated heterocycles. The van der Waals surface area contributed by atoms with E-state index < -0.39 is 5.91 Å². The third-order valence-electron chi connectivity index (χ3n) is 3.52. The molecule has 0 atom stereocenters. The summed E-state index contributed by atoms with van der Waals surface area (Å²) in [6.45, 7) is 0.530. The molecule has 0 aliphatic heterocycles. The van der Waals surface area contributed by atoms with Crippen LogP contribution in [0.2, 0.25) is 10.0 Å². The second kappa shape index (κ2) is 9.71. The fraction of sp³-hybridized carbons (Fsp3) is 0.158. The third kappa shape index (κ3) is 5.41. The summed E-state index contributed by atoms with van der Waals surface area (Å²) in [6, 6.07) is 14.2. The van der Waals surface area contributed by atoms with E-state index in [4.69, 9.17) is 27.9 Å². The normalized spacial score (nSPS) is 10.8. The molecule has 0 bridgehead atoms. The van der Waals surface area contributed by atoms with Crippen LogP contribution in [0.25, 0.3) is 0 Å². The molecule has 0 spiro atoms. The summed E-state index contributed by atoms with van der Waals surface area (Å²) in [6.07, 6.45) is 2.04. The number of halogens is 2. The van der Waals surface area contributed by atoms with Crippen LogP contribution in [0.1, 0.15) is 5.56 Å². The first kappa shape index (κ1) is 19.6. The number of nitrogens with one attached hydrogen (secondary N) is 2. The van der Waals surface area contributed by atoms with Gasteiger partial charge in [0.15, 0.2) is 0 Å². The van der Waals surface area contributed by atoms with Gasteiger partial charge in [0.2, 0.25) is 0 Å². The Labute approximate surface area is 162 Å². The van der Waals surface area contributed by atoms with Gasteiger partial charge in [-0.3, -0.25) is 4.79 Å². The Morgan fingerprint density at radius 1 is 1.27 bits per heavy atom. The van der Waals surface area contributed by atoms with Gasteiger partial charge in [-0.05, 0) is 36.2 Å². The number of nitrogens with zero attached hydrogens (tertiary/aromatic N) is 1. The van der Waals surface area contributed by atoms with Gasteiger partial charge in [0.05, 0.1) is 12.8 Å². The summed E-state index contributed by atoms with van der Waals surface area (Å²) < 4.78 is 5.17. The van der Waals surface area contributed by atoms with Crippen LogP contribution in [0.5, 0.6) is 5.75 Å². The summed E-state index contributed by atoms with van der Waals surface area (Å²) in [5.41, 5.74) is 1.31. The SMILES string of the molecule is COc1ccc(Cl)cc1NC(=O)/C(C#N)=C\NCCc1ccccc1Cl. The predicted molar refractivity (Wildman–Crippen MR) is 103 cm³/mol. The monoisotopic (exact) mass is 389 g/mol. The van der Waals surface area contributed by atoms with Crippen molar-refractivity contribution in [3.05, 3.63) is 69.8 Å². The van der Waals surface area contributed by atoms with E-state index in [1.807, 2.05) is 30.3 Å². The number of hydrogen-bond donors (Lipinski definition) is 2. The van der Waals surface area contributed by atoms with E-state index in [0.29, 0.717) is 34.4 Å². The van der Waals surface area contributed by atoms with Crippen molar-refractivity contribution in [1.29, 1.82) is 5.26 Å². The first-order chi connectivity index (χ1) is 12.5. The minimum atomic E-state index is -0.557. The Bertz CT molecular complexity index is 860. The minimum absolute atomic E-state index is 0.0637. The van der Waals surface area contributed by atoms with E-state index in [2.05, 4.69) is 10.6 Å². The van der Waals surface area contributed by atoms with E-state index in [0.717, 1.165) is 5.56 Å². The predicted octanol–water partition coefficient (Wildman–Crippen LogP) is 4.18. The van der Waals surface area contributed by atoms with Crippen LogP contribution in [-0.2, 0) is 11.2 Å². The number of amides is 1. The maximum Gasteiger partial charge on any atom is 0.267 e. The Kier molecular flexibility index (Phi) is 7.34. The molecule has 2 aromatic rings. The van der Waals surface area contributed by atoms with Gasteiger partial charge in [0.1, 0.15) is 17.4 Å². The quantitative estimate of drug-likeness (QED) is 0.423. The number of rotatable bonds is 7. The van der Waals surface area contributed by atoms with Crippen molar-refractivity contribution in [2.45, 2.75) is 6.42 Å². The first-order valence-electron chi connectivity index (χ1n) is 7.77. The van der Waals surface area contributed by atoms with Crippen molar-refractivity contribution >= 4 is 34.8 Å². The molecule has 0 heterocycles. The molecule has 2 N–H and O–H groups in total. The van der Waals surface area contributed by atoms with Crippen LogP contribution < -0.4 is 15.4 Å². The van der Waals surface area contributed by atoms with Gasteiger partial charge >= 0.3 is 0 Å². The number of ether oxygens (including phenoxy) is 1. The highest BCUT2D eigenvalue weighted by Crippen LogP contribution is 2.27. The molecule has 2 rings (SSSR count). The van der Waals surface area contributed by atoms with Crippen LogP contribution in [0.3, 0.4) is 0 Å². The van der Waals surface area contributed by atoms with Gasteiger partial charge in [-0.25, -0.2) is 0 Å². The van der Waals surface area contributed by atoms with Crippen molar-refractivity contribution in [2.24, 2.45) is 0 Å².